The Balaban J connectivity index is 1.83. The van der Waals surface area contributed by atoms with Gasteiger partial charge in [0.25, 0.3) is 0 Å². The van der Waals surface area contributed by atoms with E-state index in [2.05, 4.69) is 13.0 Å². The second-order valence-corrected chi connectivity index (χ2v) is 7.03. The molecule has 0 aromatic heterocycles. The third kappa shape index (κ3) is 2.86. The topological polar surface area (TPSA) is 32.7 Å². The molecule has 1 aliphatic heterocycles. The van der Waals surface area contributed by atoms with Crippen LogP contribution in [0.1, 0.15) is 36.0 Å². The van der Waals surface area contributed by atoms with Gasteiger partial charge in [-0.05, 0) is 74.1 Å². The molecule has 0 bridgehead atoms. The number of hydrogen-bond acceptors (Lipinski definition) is 2. The number of carbonyl (C=O) groups excluding carboxylic acids is 1. The Bertz CT molecular complexity index is 887. The van der Waals surface area contributed by atoms with Gasteiger partial charge < -0.3 is 4.90 Å². The number of benzene rings is 2. The fourth-order valence-electron chi connectivity index (χ4n) is 3.76. The first-order valence-corrected chi connectivity index (χ1v) is 8.77. The molecule has 3 nitrogen and oxygen atoms in total. The Kier molecular flexibility index (Phi) is 3.91. The second kappa shape index (κ2) is 6.10. The first-order valence-electron chi connectivity index (χ1n) is 8.77. The van der Waals surface area contributed by atoms with Gasteiger partial charge >= 0.3 is 0 Å². The van der Waals surface area contributed by atoms with E-state index in [1.165, 1.54) is 12.1 Å². The minimum absolute atomic E-state index is 0.0857. The Morgan fingerprint density at radius 2 is 2.00 bits per heavy atom. The van der Waals surface area contributed by atoms with Crippen molar-refractivity contribution in [3.63, 3.8) is 0 Å². The normalized spacial score (nSPS) is 19.3. The molecule has 128 valence electrons. The molecule has 0 radical (unpaired) electrons. The molecule has 4 heteroatoms. The minimum atomic E-state index is -0.280. The predicted octanol–water partition coefficient (Wildman–Crippen LogP) is 4.86. The molecular formula is C21H21FN2O. The van der Waals surface area contributed by atoms with E-state index >= 15 is 0 Å². The van der Waals surface area contributed by atoms with Crippen molar-refractivity contribution >= 4 is 23.0 Å². The molecule has 1 atom stereocenters. The first kappa shape index (κ1) is 16.0. The van der Waals surface area contributed by atoms with Crippen LogP contribution in [0.2, 0.25) is 0 Å². The number of aliphatic imine (C=N–C) groups is 1. The van der Waals surface area contributed by atoms with Crippen molar-refractivity contribution in [1.82, 2.24) is 0 Å². The SMILES string of the molecule is Cc1cc2c(cc1C)N(Cc1cccc(F)c1)C(=O)[C@@H]1CCCC1=N2. The average molecular weight is 336 g/mol. The summed E-state index contributed by atoms with van der Waals surface area (Å²) in [5.74, 6) is -0.332. The Morgan fingerprint density at radius 3 is 2.80 bits per heavy atom. The van der Waals surface area contributed by atoms with E-state index in [1.807, 2.05) is 19.1 Å². The van der Waals surface area contributed by atoms with Crippen molar-refractivity contribution in [1.29, 1.82) is 0 Å². The maximum Gasteiger partial charge on any atom is 0.236 e. The van der Waals surface area contributed by atoms with E-state index in [-0.39, 0.29) is 17.6 Å². The van der Waals surface area contributed by atoms with Crippen molar-refractivity contribution in [3.8, 4) is 0 Å². The first-order chi connectivity index (χ1) is 12.0. The summed E-state index contributed by atoms with van der Waals surface area (Å²) >= 11 is 0. The maximum atomic E-state index is 13.6. The molecule has 1 aliphatic carbocycles. The Labute approximate surface area is 147 Å². The molecule has 0 saturated heterocycles. The molecule has 1 fully saturated rings. The molecule has 0 N–H and O–H groups in total. The number of fused-ring (bicyclic) bond motifs is 2. The van der Waals surface area contributed by atoms with Gasteiger partial charge in [0.2, 0.25) is 5.91 Å². The minimum Gasteiger partial charge on any atom is -0.305 e. The van der Waals surface area contributed by atoms with Crippen LogP contribution in [0.25, 0.3) is 0 Å². The molecular weight excluding hydrogens is 315 g/mol. The molecule has 1 amide bonds. The molecule has 2 aromatic rings. The van der Waals surface area contributed by atoms with E-state index in [9.17, 15) is 9.18 Å². The van der Waals surface area contributed by atoms with E-state index in [0.717, 1.165) is 53.0 Å². The number of nitrogens with zero attached hydrogens (tertiary/aromatic N) is 2. The van der Waals surface area contributed by atoms with Gasteiger partial charge in [0, 0.05) is 5.71 Å². The lowest BCUT2D eigenvalue weighted by atomic mass is 10.0. The monoisotopic (exact) mass is 336 g/mol. The highest BCUT2D eigenvalue weighted by Gasteiger charge is 2.36. The lowest BCUT2D eigenvalue weighted by molar-refractivity contribution is -0.120. The van der Waals surface area contributed by atoms with E-state index in [1.54, 1.807) is 11.0 Å². The van der Waals surface area contributed by atoms with Crippen LogP contribution in [0.15, 0.2) is 41.4 Å². The Morgan fingerprint density at radius 1 is 1.20 bits per heavy atom. The number of hydrogen-bond donors (Lipinski definition) is 0. The smallest absolute Gasteiger partial charge is 0.236 e. The molecule has 4 rings (SSSR count). The summed E-state index contributed by atoms with van der Waals surface area (Å²) in [5, 5.41) is 0. The third-order valence-corrected chi connectivity index (χ3v) is 5.27. The van der Waals surface area contributed by atoms with Crippen molar-refractivity contribution in [2.75, 3.05) is 4.90 Å². The fraction of sp³-hybridized carbons (Fsp3) is 0.333. The van der Waals surface area contributed by atoms with Gasteiger partial charge in [-0.3, -0.25) is 9.79 Å². The van der Waals surface area contributed by atoms with Crippen LogP contribution in [0.3, 0.4) is 0 Å². The summed E-state index contributed by atoms with van der Waals surface area (Å²) in [6.07, 6.45) is 2.74. The van der Waals surface area contributed by atoms with E-state index in [4.69, 9.17) is 4.99 Å². The summed E-state index contributed by atoms with van der Waals surface area (Å²) in [7, 11) is 0. The van der Waals surface area contributed by atoms with Crippen LogP contribution in [-0.4, -0.2) is 11.6 Å². The molecule has 2 aromatic carbocycles. The predicted molar refractivity (Wildman–Crippen MR) is 97.9 cm³/mol. The highest BCUT2D eigenvalue weighted by Crippen LogP contribution is 2.40. The quantitative estimate of drug-likeness (QED) is 0.771. The van der Waals surface area contributed by atoms with Crippen LogP contribution in [0.4, 0.5) is 15.8 Å². The fourth-order valence-corrected chi connectivity index (χ4v) is 3.76. The highest BCUT2D eigenvalue weighted by molar-refractivity contribution is 6.15. The number of amides is 1. The number of anilines is 1. The summed E-state index contributed by atoms with van der Waals surface area (Å²) in [4.78, 5) is 19.9. The van der Waals surface area contributed by atoms with Crippen LogP contribution in [0.5, 0.6) is 0 Å². The molecule has 25 heavy (non-hydrogen) atoms. The van der Waals surface area contributed by atoms with Gasteiger partial charge in [0.05, 0.1) is 23.8 Å². The van der Waals surface area contributed by atoms with E-state index < -0.39 is 0 Å². The second-order valence-electron chi connectivity index (χ2n) is 7.03. The summed E-state index contributed by atoms with van der Waals surface area (Å²) in [6.45, 7) is 4.47. The summed E-state index contributed by atoms with van der Waals surface area (Å²) in [5.41, 5.74) is 5.77. The molecule has 1 saturated carbocycles. The van der Waals surface area contributed by atoms with Crippen LogP contribution >= 0.6 is 0 Å². The zero-order chi connectivity index (χ0) is 17.6. The number of halogens is 1. The average Bonchev–Trinajstić information content (AvgIpc) is 3.00. The molecule has 0 unspecified atom stereocenters. The third-order valence-electron chi connectivity index (χ3n) is 5.27. The molecule has 1 heterocycles. The van der Waals surface area contributed by atoms with Crippen molar-refractivity contribution < 1.29 is 9.18 Å². The van der Waals surface area contributed by atoms with Gasteiger partial charge in [-0.25, -0.2) is 4.39 Å². The van der Waals surface area contributed by atoms with Crippen molar-refractivity contribution in [3.05, 3.63) is 58.9 Å². The number of rotatable bonds is 2. The van der Waals surface area contributed by atoms with Crippen LogP contribution in [-0.2, 0) is 11.3 Å². The van der Waals surface area contributed by atoms with Crippen LogP contribution < -0.4 is 4.90 Å². The zero-order valence-electron chi connectivity index (χ0n) is 14.6. The van der Waals surface area contributed by atoms with Gasteiger partial charge in [-0.1, -0.05) is 12.1 Å². The van der Waals surface area contributed by atoms with Gasteiger partial charge in [-0.15, -0.1) is 0 Å². The highest BCUT2D eigenvalue weighted by atomic mass is 19.1. The van der Waals surface area contributed by atoms with Crippen LogP contribution in [0, 0.1) is 25.6 Å². The lowest BCUT2D eigenvalue weighted by Gasteiger charge is -2.25. The zero-order valence-corrected chi connectivity index (χ0v) is 14.6. The summed E-state index contributed by atoms with van der Waals surface area (Å²) < 4.78 is 13.6. The number of carbonyl (C=O) groups is 1. The largest absolute Gasteiger partial charge is 0.305 e. The van der Waals surface area contributed by atoms with E-state index in [0.29, 0.717) is 6.54 Å². The lowest BCUT2D eigenvalue weighted by Crippen LogP contribution is -2.36. The van der Waals surface area contributed by atoms with Crippen molar-refractivity contribution in [2.45, 2.75) is 39.7 Å². The van der Waals surface area contributed by atoms with Gasteiger partial charge in [0.15, 0.2) is 0 Å². The number of aryl methyl sites for hydroxylation is 2. The maximum absolute atomic E-state index is 13.6. The van der Waals surface area contributed by atoms with Crippen molar-refractivity contribution in [2.24, 2.45) is 10.9 Å². The Hall–Kier alpha value is -2.49. The van der Waals surface area contributed by atoms with Gasteiger partial charge in [-0.2, -0.15) is 0 Å². The molecule has 2 aliphatic rings. The summed E-state index contributed by atoms with van der Waals surface area (Å²) in [6, 6.07) is 10.6. The molecule has 0 spiro atoms. The standard InChI is InChI=1S/C21H21FN2O/c1-13-9-19-20(10-14(13)2)24(12-15-5-3-6-16(22)11-15)21(25)17-7-4-8-18(17)23-19/h3,5-6,9-11,17H,4,7-8,12H2,1-2H3/t17-/m1/s1. The van der Waals surface area contributed by atoms with Gasteiger partial charge in [0.1, 0.15) is 5.82 Å².